The molecule has 0 aliphatic carbocycles. The average Bonchev–Trinajstić information content (AvgIpc) is 2.98. The molecule has 1 atom stereocenters. The van der Waals surface area contributed by atoms with Crippen molar-refractivity contribution in [3.05, 3.63) is 53.6 Å². The molecular weight excluding hydrogens is 460 g/mol. The third-order valence-electron chi connectivity index (χ3n) is 4.66. The van der Waals surface area contributed by atoms with Gasteiger partial charge in [-0.1, -0.05) is 29.5 Å². The third kappa shape index (κ3) is 6.20. The van der Waals surface area contributed by atoms with E-state index >= 15 is 0 Å². The summed E-state index contributed by atoms with van der Waals surface area (Å²) in [6.45, 7) is 6.08. The summed E-state index contributed by atoms with van der Waals surface area (Å²) in [4.78, 5) is 31.3. The van der Waals surface area contributed by atoms with Gasteiger partial charge in [0.25, 0.3) is 0 Å². The Labute approximate surface area is 194 Å². The number of halogens is 3. The molecule has 1 aliphatic heterocycles. The maximum Gasteiger partial charge on any atom is 0.487 e. The SMILES string of the molecule is CCN1C(=O)[C@H](CC(=O)Nc2ccc(C)cc2C)SC1=Nc1ccc(OC(F)(F)Cl)cc1. The lowest BCUT2D eigenvalue weighted by molar-refractivity contribution is -0.128. The number of thioether (sulfide) groups is 1. The Morgan fingerprint density at radius 1 is 1.25 bits per heavy atom. The van der Waals surface area contributed by atoms with Gasteiger partial charge in [-0.3, -0.25) is 14.5 Å². The van der Waals surface area contributed by atoms with Gasteiger partial charge in [0, 0.05) is 30.3 Å². The van der Waals surface area contributed by atoms with Gasteiger partial charge in [0.15, 0.2) is 5.17 Å². The van der Waals surface area contributed by atoms with Crippen molar-refractivity contribution in [2.24, 2.45) is 4.99 Å². The number of alkyl halides is 3. The molecular formula is C22H22ClF2N3O3S. The predicted octanol–water partition coefficient (Wildman–Crippen LogP) is 5.45. The molecule has 1 aliphatic rings. The Kier molecular flexibility index (Phi) is 7.40. The molecule has 6 nitrogen and oxygen atoms in total. The lowest BCUT2D eigenvalue weighted by Crippen LogP contribution is -2.33. The number of benzene rings is 2. The van der Waals surface area contributed by atoms with Crippen LogP contribution < -0.4 is 10.1 Å². The van der Waals surface area contributed by atoms with Crippen LogP contribution in [-0.2, 0) is 9.59 Å². The quantitative estimate of drug-likeness (QED) is 0.534. The predicted molar refractivity (Wildman–Crippen MR) is 123 cm³/mol. The highest BCUT2D eigenvalue weighted by atomic mass is 35.5. The van der Waals surface area contributed by atoms with E-state index in [0.717, 1.165) is 11.1 Å². The number of carbonyl (C=O) groups excluding carboxylic acids is 2. The second-order valence-electron chi connectivity index (χ2n) is 7.20. The molecule has 0 aromatic heterocycles. The van der Waals surface area contributed by atoms with Gasteiger partial charge in [-0.25, -0.2) is 4.99 Å². The molecule has 32 heavy (non-hydrogen) atoms. The van der Waals surface area contributed by atoms with E-state index in [4.69, 9.17) is 11.6 Å². The van der Waals surface area contributed by atoms with E-state index in [-0.39, 0.29) is 24.0 Å². The van der Waals surface area contributed by atoms with Crippen LogP contribution in [-0.4, -0.2) is 39.2 Å². The van der Waals surface area contributed by atoms with Crippen LogP contribution in [0.3, 0.4) is 0 Å². The molecule has 2 aromatic rings. The van der Waals surface area contributed by atoms with E-state index in [2.05, 4.69) is 15.0 Å². The number of anilines is 1. The van der Waals surface area contributed by atoms with Crippen LogP contribution in [0.2, 0.25) is 0 Å². The summed E-state index contributed by atoms with van der Waals surface area (Å²) in [7, 11) is 0. The van der Waals surface area contributed by atoms with Crippen molar-refractivity contribution < 1.29 is 23.1 Å². The highest BCUT2D eigenvalue weighted by molar-refractivity contribution is 8.15. The number of aliphatic imine (C=N–C) groups is 1. The molecule has 1 N–H and O–H groups in total. The summed E-state index contributed by atoms with van der Waals surface area (Å²) in [6.07, 6.45) is 0.00389. The number of hydrogen-bond donors (Lipinski definition) is 1. The summed E-state index contributed by atoms with van der Waals surface area (Å²) < 4.78 is 29.8. The maximum atomic E-state index is 12.8. The van der Waals surface area contributed by atoms with Gasteiger partial charge in [-0.2, -0.15) is 0 Å². The number of carbonyl (C=O) groups is 2. The van der Waals surface area contributed by atoms with Crippen LogP contribution in [0.15, 0.2) is 47.5 Å². The molecule has 2 amide bonds. The maximum absolute atomic E-state index is 12.8. The molecule has 10 heteroatoms. The van der Waals surface area contributed by atoms with E-state index in [1.165, 1.54) is 40.9 Å². The Balaban J connectivity index is 1.69. The van der Waals surface area contributed by atoms with Crippen LogP contribution in [0.4, 0.5) is 20.2 Å². The van der Waals surface area contributed by atoms with Crippen molar-refractivity contribution in [3.63, 3.8) is 0 Å². The van der Waals surface area contributed by atoms with Crippen molar-refractivity contribution in [2.75, 3.05) is 11.9 Å². The van der Waals surface area contributed by atoms with Crippen molar-refractivity contribution in [1.82, 2.24) is 4.90 Å². The number of nitrogens with one attached hydrogen (secondary N) is 1. The topological polar surface area (TPSA) is 71.0 Å². The van der Waals surface area contributed by atoms with E-state index in [9.17, 15) is 18.4 Å². The summed E-state index contributed by atoms with van der Waals surface area (Å²) in [5.74, 6) is -0.574. The number of ether oxygens (including phenoxy) is 1. The number of aryl methyl sites for hydroxylation is 2. The Bertz CT molecular complexity index is 1040. The zero-order valence-corrected chi connectivity index (χ0v) is 19.3. The zero-order valence-electron chi connectivity index (χ0n) is 17.7. The molecule has 1 fully saturated rings. The second kappa shape index (κ2) is 9.87. The fraction of sp³-hybridized carbons (Fsp3) is 0.318. The summed E-state index contributed by atoms with van der Waals surface area (Å²) in [5.41, 5.74) is -0.602. The zero-order chi connectivity index (χ0) is 23.5. The molecule has 0 radical (unpaired) electrons. The molecule has 0 spiro atoms. The fourth-order valence-corrected chi connectivity index (χ4v) is 4.48. The highest BCUT2D eigenvalue weighted by Gasteiger charge is 2.38. The summed E-state index contributed by atoms with van der Waals surface area (Å²) >= 11 is 5.96. The Morgan fingerprint density at radius 2 is 1.94 bits per heavy atom. The first-order chi connectivity index (χ1) is 15.1. The molecule has 2 aromatic carbocycles. The average molecular weight is 482 g/mol. The minimum atomic E-state index is -3.80. The molecule has 1 saturated heterocycles. The smallest absolute Gasteiger partial charge is 0.420 e. The number of amidine groups is 1. The molecule has 0 bridgehead atoms. The second-order valence-corrected chi connectivity index (χ2v) is 8.81. The lowest BCUT2D eigenvalue weighted by atomic mass is 10.1. The number of hydrogen-bond acceptors (Lipinski definition) is 5. The molecule has 0 unspecified atom stereocenters. The Morgan fingerprint density at radius 3 is 2.53 bits per heavy atom. The van der Waals surface area contributed by atoms with Gasteiger partial charge in [-0.05, 0) is 56.7 Å². The van der Waals surface area contributed by atoms with Gasteiger partial charge in [0.05, 0.1) is 5.69 Å². The molecule has 3 rings (SSSR count). The first-order valence-electron chi connectivity index (χ1n) is 9.85. The first kappa shape index (κ1) is 24.0. The normalized spacial score (nSPS) is 17.7. The van der Waals surface area contributed by atoms with Gasteiger partial charge in [0.1, 0.15) is 11.0 Å². The minimum Gasteiger partial charge on any atom is -0.420 e. The van der Waals surface area contributed by atoms with Crippen LogP contribution in [0.5, 0.6) is 5.75 Å². The largest absolute Gasteiger partial charge is 0.487 e. The number of amides is 2. The lowest BCUT2D eigenvalue weighted by Gasteiger charge is -2.14. The molecule has 170 valence electrons. The van der Waals surface area contributed by atoms with E-state index in [0.29, 0.717) is 23.1 Å². The van der Waals surface area contributed by atoms with Crippen LogP contribution in [0.25, 0.3) is 0 Å². The molecule has 1 heterocycles. The van der Waals surface area contributed by atoms with Crippen molar-refractivity contribution >= 4 is 51.7 Å². The standard InChI is InChI=1S/C22H22ClF2N3O3S/c1-4-28-20(30)18(12-19(29)27-17-10-5-13(2)11-14(17)3)32-21(28)26-15-6-8-16(9-7-15)31-22(23,24)25/h5-11,18H,4,12H2,1-3H3,(H,27,29)/t18-/m0/s1. The molecule has 0 saturated carbocycles. The monoisotopic (exact) mass is 481 g/mol. The van der Waals surface area contributed by atoms with Gasteiger partial charge in [-0.15, -0.1) is 8.78 Å². The van der Waals surface area contributed by atoms with Crippen LogP contribution >= 0.6 is 23.4 Å². The van der Waals surface area contributed by atoms with E-state index < -0.39 is 10.8 Å². The third-order valence-corrected chi connectivity index (χ3v) is 5.91. The van der Waals surface area contributed by atoms with Gasteiger partial charge < -0.3 is 10.1 Å². The fourth-order valence-electron chi connectivity index (χ4n) is 3.17. The number of rotatable bonds is 7. The van der Waals surface area contributed by atoms with Crippen LogP contribution in [0.1, 0.15) is 24.5 Å². The van der Waals surface area contributed by atoms with Crippen LogP contribution in [0, 0.1) is 13.8 Å². The highest BCUT2D eigenvalue weighted by Crippen LogP contribution is 2.33. The van der Waals surface area contributed by atoms with E-state index in [1.807, 2.05) is 39.0 Å². The van der Waals surface area contributed by atoms with Gasteiger partial charge in [0.2, 0.25) is 11.8 Å². The first-order valence-corrected chi connectivity index (χ1v) is 11.1. The minimum absolute atomic E-state index is 0.00389. The van der Waals surface area contributed by atoms with Crippen molar-refractivity contribution in [2.45, 2.75) is 38.0 Å². The Hall–Kier alpha value is -2.65. The number of nitrogens with zero attached hydrogens (tertiary/aromatic N) is 2. The summed E-state index contributed by atoms with van der Waals surface area (Å²) in [6, 6.07) is 11.3. The van der Waals surface area contributed by atoms with Crippen molar-refractivity contribution in [3.8, 4) is 5.75 Å². The summed E-state index contributed by atoms with van der Waals surface area (Å²) in [5, 5.41) is 2.70. The van der Waals surface area contributed by atoms with Gasteiger partial charge >= 0.3 is 5.57 Å². The van der Waals surface area contributed by atoms with E-state index in [1.54, 1.807) is 0 Å². The van der Waals surface area contributed by atoms with Crippen molar-refractivity contribution in [1.29, 1.82) is 0 Å².